The van der Waals surface area contributed by atoms with Crippen molar-refractivity contribution in [1.82, 2.24) is 5.32 Å². The summed E-state index contributed by atoms with van der Waals surface area (Å²) in [5, 5.41) is 11.9. The third-order valence-corrected chi connectivity index (χ3v) is 4.09. The molecule has 0 saturated carbocycles. The SMILES string of the molecule is CC(Sc1ccc(Cl)cc1)C(=O)NC(C(=O)O)C(C)C. The number of carbonyl (C=O) groups excluding carboxylic acids is 1. The van der Waals surface area contributed by atoms with Crippen LogP contribution in [0.3, 0.4) is 0 Å². The lowest BCUT2D eigenvalue weighted by Gasteiger charge is -2.20. The Morgan fingerprint density at radius 1 is 1.20 bits per heavy atom. The number of carboxylic acid groups (broad SMARTS) is 1. The number of hydrogen-bond acceptors (Lipinski definition) is 3. The summed E-state index contributed by atoms with van der Waals surface area (Å²) in [4.78, 5) is 24.0. The van der Waals surface area contributed by atoms with Crippen molar-refractivity contribution in [2.45, 2.75) is 37.0 Å². The Bertz CT molecular complexity index is 476. The van der Waals surface area contributed by atoms with Crippen molar-refractivity contribution in [2.24, 2.45) is 5.92 Å². The zero-order valence-electron chi connectivity index (χ0n) is 11.6. The molecule has 0 aliphatic carbocycles. The summed E-state index contributed by atoms with van der Waals surface area (Å²) in [6.45, 7) is 5.26. The van der Waals surface area contributed by atoms with E-state index in [0.29, 0.717) is 5.02 Å². The molecule has 2 N–H and O–H groups in total. The summed E-state index contributed by atoms with van der Waals surface area (Å²) < 4.78 is 0. The molecule has 0 spiro atoms. The van der Waals surface area contributed by atoms with Crippen LogP contribution in [-0.2, 0) is 9.59 Å². The van der Waals surface area contributed by atoms with Crippen LogP contribution in [0.25, 0.3) is 0 Å². The second kappa shape index (κ2) is 7.55. The number of nitrogens with one attached hydrogen (secondary N) is 1. The van der Waals surface area contributed by atoms with Gasteiger partial charge < -0.3 is 10.4 Å². The van der Waals surface area contributed by atoms with Crippen molar-refractivity contribution in [3.63, 3.8) is 0 Å². The van der Waals surface area contributed by atoms with Gasteiger partial charge in [-0.15, -0.1) is 11.8 Å². The number of amides is 1. The fourth-order valence-electron chi connectivity index (χ4n) is 1.55. The largest absolute Gasteiger partial charge is 0.480 e. The van der Waals surface area contributed by atoms with Gasteiger partial charge in [0.25, 0.3) is 0 Å². The van der Waals surface area contributed by atoms with Crippen LogP contribution in [0.1, 0.15) is 20.8 Å². The first-order valence-corrected chi connectivity index (χ1v) is 7.52. The highest BCUT2D eigenvalue weighted by atomic mass is 35.5. The first kappa shape index (κ1) is 16.9. The second-order valence-corrected chi connectivity index (χ2v) is 6.63. The van der Waals surface area contributed by atoms with E-state index in [4.69, 9.17) is 16.7 Å². The van der Waals surface area contributed by atoms with Gasteiger partial charge in [0.05, 0.1) is 5.25 Å². The molecule has 1 aromatic carbocycles. The van der Waals surface area contributed by atoms with Gasteiger partial charge in [0, 0.05) is 9.92 Å². The molecule has 4 nitrogen and oxygen atoms in total. The molecular formula is C14H18ClNO3S. The Hall–Kier alpha value is -1.20. The highest BCUT2D eigenvalue weighted by Gasteiger charge is 2.25. The fourth-order valence-corrected chi connectivity index (χ4v) is 2.56. The average molecular weight is 316 g/mol. The maximum absolute atomic E-state index is 12.0. The van der Waals surface area contributed by atoms with E-state index < -0.39 is 12.0 Å². The third kappa shape index (κ3) is 5.06. The Morgan fingerprint density at radius 3 is 2.20 bits per heavy atom. The molecule has 0 aliphatic heterocycles. The van der Waals surface area contributed by atoms with Gasteiger partial charge in [-0.05, 0) is 37.1 Å². The quantitative estimate of drug-likeness (QED) is 0.792. The molecule has 1 aromatic rings. The predicted molar refractivity (Wildman–Crippen MR) is 81.2 cm³/mol. The highest BCUT2D eigenvalue weighted by Crippen LogP contribution is 2.24. The average Bonchev–Trinajstić information content (AvgIpc) is 2.37. The topological polar surface area (TPSA) is 66.4 Å². The number of benzene rings is 1. The molecule has 6 heteroatoms. The minimum atomic E-state index is -1.02. The molecule has 0 fully saturated rings. The Morgan fingerprint density at radius 2 is 1.75 bits per heavy atom. The van der Waals surface area contributed by atoms with Crippen LogP contribution < -0.4 is 5.32 Å². The van der Waals surface area contributed by atoms with E-state index in [-0.39, 0.29) is 17.1 Å². The number of halogens is 1. The van der Waals surface area contributed by atoms with Crippen molar-refractivity contribution in [1.29, 1.82) is 0 Å². The van der Waals surface area contributed by atoms with Gasteiger partial charge in [0.1, 0.15) is 6.04 Å². The number of carboxylic acids is 1. The Balaban J connectivity index is 2.62. The Kier molecular flexibility index (Phi) is 6.36. The summed E-state index contributed by atoms with van der Waals surface area (Å²) in [5.41, 5.74) is 0. The van der Waals surface area contributed by atoms with Gasteiger partial charge in [-0.3, -0.25) is 4.79 Å². The van der Waals surface area contributed by atoms with Crippen molar-refractivity contribution in [3.8, 4) is 0 Å². The molecule has 0 aromatic heterocycles. The number of carbonyl (C=O) groups is 2. The summed E-state index contributed by atoms with van der Waals surface area (Å²) in [5.74, 6) is -1.47. The lowest BCUT2D eigenvalue weighted by molar-refractivity contribution is -0.143. The van der Waals surface area contributed by atoms with Crippen molar-refractivity contribution < 1.29 is 14.7 Å². The maximum atomic E-state index is 12.0. The number of rotatable bonds is 6. The third-order valence-electron chi connectivity index (χ3n) is 2.73. The molecule has 0 bridgehead atoms. The summed E-state index contributed by atoms with van der Waals surface area (Å²) in [7, 11) is 0. The smallest absolute Gasteiger partial charge is 0.326 e. The zero-order chi connectivity index (χ0) is 15.3. The van der Waals surface area contributed by atoms with Gasteiger partial charge in [-0.25, -0.2) is 4.79 Å². The van der Waals surface area contributed by atoms with E-state index in [1.807, 2.05) is 12.1 Å². The van der Waals surface area contributed by atoms with Gasteiger partial charge in [-0.1, -0.05) is 25.4 Å². The maximum Gasteiger partial charge on any atom is 0.326 e. The molecule has 1 amide bonds. The summed E-state index contributed by atoms with van der Waals surface area (Å²) in [6.07, 6.45) is 0. The molecule has 0 radical (unpaired) electrons. The fraction of sp³-hybridized carbons (Fsp3) is 0.429. The molecule has 110 valence electrons. The Labute approximate surface area is 127 Å². The molecular weight excluding hydrogens is 298 g/mol. The van der Waals surface area contributed by atoms with E-state index >= 15 is 0 Å². The van der Waals surface area contributed by atoms with E-state index in [9.17, 15) is 9.59 Å². The first-order chi connectivity index (χ1) is 9.31. The van der Waals surface area contributed by atoms with E-state index in [1.165, 1.54) is 11.8 Å². The lowest BCUT2D eigenvalue weighted by Crippen LogP contribution is -2.46. The second-order valence-electron chi connectivity index (χ2n) is 4.78. The monoisotopic (exact) mass is 315 g/mol. The standard InChI is InChI=1S/C14H18ClNO3S/c1-8(2)12(14(18)19)16-13(17)9(3)20-11-6-4-10(15)5-7-11/h4-9,12H,1-3H3,(H,16,17)(H,18,19). The zero-order valence-corrected chi connectivity index (χ0v) is 13.2. The van der Waals surface area contributed by atoms with E-state index in [1.54, 1.807) is 32.9 Å². The number of hydrogen-bond donors (Lipinski definition) is 2. The highest BCUT2D eigenvalue weighted by molar-refractivity contribution is 8.00. The number of aliphatic carboxylic acids is 1. The van der Waals surface area contributed by atoms with Crippen LogP contribution in [0, 0.1) is 5.92 Å². The van der Waals surface area contributed by atoms with Crippen molar-refractivity contribution >= 4 is 35.2 Å². The van der Waals surface area contributed by atoms with Crippen LogP contribution in [0.4, 0.5) is 0 Å². The van der Waals surface area contributed by atoms with Crippen LogP contribution in [0.15, 0.2) is 29.2 Å². The molecule has 2 atom stereocenters. The molecule has 1 rings (SSSR count). The normalized spacial score (nSPS) is 13.8. The van der Waals surface area contributed by atoms with E-state index in [2.05, 4.69) is 5.32 Å². The number of thioether (sulfide) groups is 1. The van der Waals surface area contributed by atoms with Gasteiger partial charge >= 0.3 is 5.97 Å². The lowest BCUT2D eigenvalue weighted by atomic mass is 10.0. The minimum Gasteiger partial charge on any atom is -0.480 e. The van der Waals surface area contributed by atoms with Gasteiger partial charge in [0.2, 0.25) is 5.91 Å². The van der Waals surface area contributed by atoms with E-state index in [0.717, 1.165) is 4.90 Å². The molecule has 0 aliphatic rings. The molecule has 20 heavy (non-hydrogen) atoms. The first-order valence-electron chi connectivity index (χ1n) is 6.26. The van der Waals surface area contributed by atoms with Crippen molar-refractivity contribution in [2.75, 3.05) is 0 Å². The molecule has 0 saturated heterocycles. The van der Waals surface area contributed by atoms with Crippen LogP contribution in [0.2, 0.25) is 5.02 Å². The predicted octanol–water partition coefficient (Wildman–Crippen LogP) is 3.05. The van der Waals surface area contributed by atoms with Gasteiger partial charge in [0.15, 0.2) is 0 Å². The van der Waals surface area contributed by atoms with Gasteiger partial charge in [-0.2, -0.15) is 0 Å². The van der Waals surface area contributed by atoms with Crippen molar-refractivity contribution in [3.05, 3.63) is 29.3 Å². The van der Waals surface area contributed by atoms with Crippen LogP contribution in [0.5, 0.6) is 0 Å². The molecule has 2 unspecified atom stereocenters. The molecule has 0 heterocycles. The van der Waals surface area contributed by atoms with Crippen LogP contribution >= 0.6 is 23.4 Å². The minimum absolute atomic E-state index is 0.163. The summed E-state index contributed by atoms with van der Waals surface area (Å²) in [6, 6.07) is 6.29. The van der Waals surface area contributed by atoms with Crippen LogP contribution in [-0.4, -0.2) is 28.3 Å². The summed E-state index contributed by atoms with van der Waals surface area (Å²) >= 11 is 7.16.